The minimum absolute atomic E-state index is 0. The third kappa shape index (κ3) is 5.57. The summed E-state index contributed by atoms with van der Waals surface area (Å²) < 4.78 is 15.4. The molecule has 3 N–H and O–H groups in total. The summed E-state index contributed by atoms with van der Waals surface area (Å²) in [7, 11) is 1.86. The average molecular weight is 418 g/mol. The molecule has 0 radical (unpaired) electrons. The molecule has 6 nitrogen and oxygen atoms in total. The van der Waals surface area contributed by atoms with Crippen molar-refractivity contribution < 1.29 is 9.18 Å². The van der Waals surface area contributed by atoms with Crippen molar-refractivity contribution in [1.82, 2.24) is 15.1 Å². The Morgan fingerprint density at radius 3 is 2.67 bits per heavy atom. The van der Waals surface area contributed by atoms with Gasteiger partial charge < -0.3 is 16.0 Å². The molecule has 0 spiro atoms. The third-order valence-corrected chi connectivity index (χ3v) is 4.39. The van der Waals surface area contributed by atoms with Crippen LogP contribution in [0.4, 0.5) is 15.8 Å². The molecule has 1 fully saturated rings. The van der Waals surface area contributed by atoms with E-state index in [0.717, 1.165) is 12.1 Å². The van der Waals surface area contributed by atoms with Gasteiger partial charge in [-0.25, -0.2) is 4.39 Å². The van der Waals surface area contributed by atoms with Crippen LogP contribution in [0.2, 0.25) is 0 Å². The molecule has 0 bridgehead atoms. The molecule has 1 aliphatic rings. The second-order valence-electron chi connectivity index (χ2n) is 6.80. The van der Waals surface area contributed by atoms with Crippen LogP contribution in [0.15, 0.2) is 30.6 Å². The number of halogens is 3. The normalized spacial score (nSPS) is 18.6. The molecule has 150 valence electrons. The van der Waals surface area contributed by atoms with Crippen molar-refractivity contribution in [2.24, 2.45) is 13.0 Å². The summed E-state index contributed by atoms with van der Waals surface area (Å²) >= 11 is 0. The number of aryl methyl sites for hydroxylation is 1. The van der Waals surface area contributed by atoms with E-state index >= 15 is 0 Å². The number of carbonyl (C=O) groups excluding carboxylic acids is 1. The summed E-state index contributed by atoms with van der Waals surface area (Å²) in [6.45, 7) is 5.31. The molecule has 1 aromatic carbocycles. The van der Waals surface area contributed by atoms with E-state index in [0.29, 0.717) is 17.9 Å². The lowest BCUT2D eigenvalue weighted by molar-refractivity contribution is -0.119. The SMILES string of the molecule is CC(C)Nc1ccc(F)cc1NC(=O)[C@H]1CNC[C@@H]1c1cnn(C)c1.Cl.Cl. The van der Waals surface area contributed by atoms with Crippen molar-refractivity contribution >= 4 is 42.1 Å². The van der Waals surface area contributed by atoms with E-state index in [-0.39, 0.29) is 54.4 Å². The van der Waals surface area contributed by atoms with Crippen molar-refractivity contribution in [2.45, 2.75) is 25.8 Å². The first-order valence-electron chi connectivity index (χ1n) is 8.50. The Labute approximate surface area is 171 Å². The topological polar surface area (TPSA) is 71.0 Å². The molecule has 1 saturated heterocycles. The Morgan fingerprint density at radius 2 is 2.04 bits per heavy atom. The van der Waals surface area contributed by atoms with Crippen LogP contribution in [0.25, 0.3) is 0 Å². The number of nitrogens with zero attached hydrogens (tertiary/aromatic N) is 2. The highest BCUT2D eigenvalue weighted by atomic mass is 35.5. The third-order valence-electron chi connectivity index (χ3n) is 4.39. The molecule has 2 heterocycles. The fourth-order valence-corrected chi connectivity index (χ4v) is 3.22. The highest BCUT2D eigenvalue weighted by Crippen LogP contribution is 2.30. The summed E-state index contributed by atoms with van der Waals surface area (Å²) in [5.41, 5.74) is 2.22. The first kappa shape index (κ1) is 23.2. The van der Waals surface area contributed by atoms with E-state index in [1.54, 1.807) is 16.9 Å². The van der Waals surface area contributed by atoms with Gasteiger partial charge in [-0.3, -0.25) is 9.48 Å². The lowest BCUT2D eigenvalue weighted by Gasteiger charge is -2.20. The zero-order valence-corrected chi connectivity index (χ0v) is 17.2. The van der Waals surface area contributed by atoms with E-state index in [9.17, 15) is 9.18 Å². The fraction of sp³-hybridized carbons (Fsp3) is 0.444. The van der Waals surface area contributed by atoms with Gasteiger partial charge in [-0.1, -0.05) is 0 Å². The van der Waals surface area contributed by atoms with E-state index in [1.165, 1.54) is 12.1 Å². The molecule has 2 aromatic rings. The van der Waals surface area contributed by atoms with Gasteiger partial charge in [0.1, 0.15) is 5.82 Å². The highest BCUT2D eigenvalue weighted by Gasteiger charge is 2.35. The average Bonchev–Trinajstić information content (AvgIpc) is 3.18. The summed E-state index contributed by atoms with van der Waals surface area (Å²) in [6, 6.07) is 4.56. The van der Waals surface area contributed by atoms with Gasteiger partial charge >= 0.3 is 0 Å². The van der Waals surface area contributed by atoms with Gasteiger partial charge in [-0.15, -0.1) is 24.8 Å². The lowest BCUT2D eigenvalue weighted by atomic mass is 9.90. The second-order valence-corrected chi connectivity index (χ2v) is 6.80. The number of aromatic nitrogens is 2. The smallest absolute Gasteiger partial charge is 0.229 e. The minimum Gasteiger partial charge on any atom is -0.381 e. The van der Waals surface area contributed by atoms with E-state index in [4.69, 9.17) is 0 Å². The van der Waals surface area contributed by atoms with Crippen molar-refractivity contribution in [3.63, 3.8) is 0 Å². The summed E-state index contributed by atoms with van der Waals surface area (Å²) in [5.74, 6) is -0.655. The van der Waals surface area contributed by atoms with Crippen molar-refractivity contribution in [1.29, 1.82) is 0 Å². The molecule has 0 saturated carbocycles. The van der Waals surface area contributed by atoms with Crippen LogP contribution in [-0.2, 0) is 11.8 Å². The monoisotopic (exact) mass is 417 g/mol. The maximum Gasteiger partial charge on any atom is 0.229 e. The van der Waals surface area contributed by atoms with Crippen molar-refractivity contribution in [3.05, 3.63) is 42.0 Å². The van der Waals surface area contributed by atoms with Crippen LogP contribution < -0.4 is 16.0 Å². The molecule has 27 heavy (non-hydrogen) atoms. The molecule has 9 heteroatoms. The Kier molecular flexibility index (Phi) is 8.53. The van der Waals surface area contributed by atoms with Crippen LogP contribution in [0.3, 0.4) is 0 Å². The molecule has 1 amide bonds. The molecule has 2 atom stereocenters. The predicted octanol–water partition coefficient (Wildman–Crippen LogP) is 3.16. The summed E-state index contributed by atoms with van der Waals surface area (Å²) in [5, 5.41) is 13.6. The van der Waals surface area contributed by atoms with Crippen LogP contribution in [0.1, 0.15) is 25.3 Å². The van der Waals surface area contributed by atoms with Crippen LogP contribution >= 0.6 is 24.8 Å². The number of rotatable bonds is 5. The quantitative estimate of drug-likeness (QED) is 0.698. The van der Waals surface area contributed by atoms with Gasteiger partial charge in [0.2, 0.25) is 5.91 Å². The number of hydrogen-bond acceptors (Lipinski definition) is 4. The standard InChI is InChI=1S/C18H24FN5O.2ClH/c1-11(2)22-16-5-4-13(19)6-17(16)23-18(25)15-9-20-8-14(15)12-7-21-24(3)10-12;;/h4-7,10-11,14-15,20,22H,8-9H2,1-3H3,(H,23,25);2*1H/t14-,15+;;/m1../s1. The van der Waals surface area contributed by atoms with Gasteiger partial charge in [-0.05, 0) is 37.6 Å². The minimum atomic E-state index is -0.377. The summed E-state index contributed by atoms with van der Waals surface area (Å²) in [6.07, 6.45) is 3.73. The zero-order valence-electron chi connectivity index (χ0n) is 15.5. The van der Waals surface area contributed by atoms with Gasteiger partial charge in [0.25, 0.3) is 0 Å². The Morgan fingerprint density at radius 1 is 1.30 bits per heavy atom. The largest absolute Gasteiger partial charge is 0.381 e. The second kappa shape index (κ2) is 9.92. The Hall–Kier alpha value is -1.83. The number of hydrogen-bond donors (Lipinski definition) is 3. The highest BCUT2D eigenvalue weighted by molar-refractivity contribution is 5.96. The predicted molar refractivity (Wildman–Crippen MR) is 111 cm³/mol. The first-order valence-corrected chi connectivity index (χ1v) is 8.50. The number of carbonyl (C=O) groups is 1. The molecule has 0 unspecified atom stereocenters. The number of benzene rings is 1. The number of amides is 1. The van der Waals surface area contributed by atoms with Crippen molar-refractivity contribution in [3.8, 4) is 0 Å². The van der Waals surface area contributed by atoms with Crippen LogP contribution in [0.5, 0.6) is 0 Å². The summed E-state index contributed by atoms with van der Waals surface area (Å²) in [4.78, 5) is 12.8. The molecule has 1 aromatic heterocycles. The molecule has 0 aliphatic carbocycles. The molecular formula is C18H26Cl2FN5O. The molecule has 1 aliphatic heterocycles. The maximum atomic E-state index is 13.7. The Bertz CT molecular complexity index is 768. The first-order chi connectivity index (χ1) is 11.9. The zero-order chi connectivity index (χ0) is 18.0. The molecule has 3 rings (SSSR count). The van der Waals surface area contributed by atoms with E-state index in [2.05, 4.69) is 21.0 Å². The fourth-order valence-electron chi connectivity index (χ4n) is 3.22. The van der Waals surface area contributed by atoms with Crippen LogP contribution in [0, 0.1) is 11.7 Å². The van der Waals surface area contributed by atoms with E-state index in [1.807, 2.05) is 27.1 Å². The van der Waals surface area contributed by atoms with Gasteiger partial charge in [0, 0.05) is 38.3 Å². The maximum absolute atomic E-state index is 13.7. The Balaban J connectivity index is 0.00000182. The molecular weight excluding hydrogens is 392 g/mol. The van der Waals surface area contributed by atoms with E-state index < -0.39 is 0 Å². The van der Waals surface area contributed by atoms with Gasteiger partial charge in [0.05, 0.1) is 23.5 Å². The van der Waals surface area contributed by atoms with Gasteiger partial charge in [-0.2, -0.15) is 5.10 Å². The number of nitrogens with one attached hydrogen (secondary N) is 3. The van der Waals surface area contributed by atoms with Gasteiger partial charge in [0.15, 0.2) is 0 Å². The lowest BCUT2D eigenvalue weighted by Crippen LogP contribution is -2.28. The van der Waals surface area contributed by atoms with Crippen molar-refractivity contribution in [2.75, 3.05) is 23.7 Å². The number of anilines is 2. The van der Waals surface area contributed by atoms with Crippen LogP contribution in [-0.4, -0.2) is 34.8 Å².